The van der Waals surface area contributed by atoms with Crippen molar-refractivity contribution in [2.24, 2.45) is 0 Å². The number of benzene rings is 2. The number of amides is 1. The van der Waals surface area contributed by atoms with Crippen molar-refractivity contribution in [2.75, 3.05) is 5.32 Å². The van der Waals surface area contributed by atoms with Crippen LogP contribution in [0.25, 0.3) is 0 Å². The van der Waals surface area contributed by atoms with Gasteiger partial charge < -0.3 is 5.32 Å². The molecule has 1 saturated carbocycles. The molecule has 1 aliphatic rings. The molecule has 1 amide bonds. The number of hydrogen-bond acceptors (Lipinski definition) is 3. The van der Waals surface area contributed by atoms with E-state index < -0.39 is 44.9 Å². The smallest absolute Gasteiger partial charge is 0.322 e. The molecule has 2 aromatic rings. The molecule has 28 heavy (non-hydrogen) atoms. The topological polar surface area (TPSA) is 75.3 Å². The molecule has 3 rings (SSSR count). The summed E-state index contributed by atoms with van der Waals surface area (Å²) < 4.78 is 92.0. The van der Waals surface area contributed by atoms with Crippen LogP contribution in [0.3, 0.4) is 0 Å². The molecule has 0 aliphatic heterocycles. The van der Waals surface area contributed by atoms with Crippen LogP contribution in [-0.4, -0.2) is 20.4 Å². The van der Waals surface area contributed by atoms with E-state index in [9.17, 15) is 35.2 Å². The largest absolute Gasteiger partial charge is 0.419 e. The lowest BCUT2D eigenvalue weighted by atomic mass is 10.1. The maximum Gasteiger partial charge on any atom is 0.419 e. The van der Waals surface area contributed by atoms with Crippen LogP contribution in [0, 0.1) is 11.6 Å². The number of alkyl halides is 3. The summed E-state index contributed by atoms with van der Waals surface area (Å²) >= 11 is 0. The molecule has 0 bridgehead atoms. The first kappa shape index (κ1) is 20.2. The molecule has 0 aromatic heterocycles. The molecule has 1 aliphatic carbocycles. The predicted molar refractivity (Wildman–Crippen MR) is 89.1 cm³/mol. The highest BCUT2D eigenvalue weighted by molar-refractivity contribution is 7.89. The summed E-state index contributed by atoms with van der Waals surface area (Å²) in [6.07, 6.45) is -3.56. The second-order valence-electron chi connectivity index (χ2n) is 6.18. The minimum Gasteiger partial charge on any atom is -0.322 e. The molecular formula is C17H13F5N2O3S. The standard InChI is InChI=1S/C17H13F5N2O3S/c18-14-6-4-11(28(26,27)24-9-1-2-9)8-12(14)16(25)23-10-3-5-13(15(19)7-10)17(20,21)22/h3-9,24H,1-2H2,(H,23,25). The van der Waals surface area contributed by atoms with Crippen molar-refractivity contribution in [2.45, 2.75) is 30.0 Å². The molecular weight excluding hydrogens is 407 g/mol. The Bertz CT molecular complexity index is 1030. The summed E-state index contributed by atoms with van der Waals surface area (Å²) in [7, 11) is -3.95. The molecule has 0 atom stereocenters. The third-order valence-electron chi connectivity index (χ3n) is 3.92. The average molecular weight is 420 g/mol. The zero-order valence-corrected chi connectivity index (χ0v) is 14.8. The van der Waals surface area contributed by atoms with Crippen LogP contribution in [0.15, 0.2) is 41.3 Å². The van der Waals surface area contributed by atoms with Crippen molar-refractivity contribution in [3.05, 3.63) is 59.2 Å². The number of carbonyl (C=O) groups excluding carboxylic acids is 1. The molecule has 150 valence electrons. The number of anilines is 1. The van der Waals surface area contributed by atoms with E-state index in [-0.39, 0.29) is 16.6 Å². The Balaban J connectivity index is 1.84. The van der Waals surface area contributed by atoms with Gasteiger partial charge in [0.25, 0.3) is 5.91 Å². The molecule has 1 fully saturated rings. The summed E-state index contributed by atoms with van der Waals surface area (Å²) in [4.78, 5) is 11.9. The van der Waals surface area contributed by atoms with Crippen LogP contribution in [0.5, 0.6) is 0 Å². The van der Waals surface area contributed by atoms with Crippen LogP contribution in [0.4, 0.5) is 27.6 Å². The Morgan fingerprint density at radius 1 is 1.00 bits per heavy atom. The first-order valence-electron chi connectivity index (χ1n) is 7.97. The van der Waals surface area contributed by atoms with Gasteiger partial charge in [-0.3, -0.25) is 4.79 Å². The van der Waals surface area contributed by atoms with E-state index in [1.54, 1.807) is 0 Å². The van der Waals surface area contributed by atoms with Crippen LogP contribution in [-0.2, 0) is 16.2 Å². The quantitative estimate of drug-likeness (QED) is 0.725. The highest BCUT2D eigenvalue weighted by Gasteiger charge is 2.34. The van der Waals surface area contributed by atoms with Crippen molar-refractivity contribution in [3.63, 3.8) is 0 Å². The van der Waals surface area contributed by atoms with Crippen LogP contribution in [0.2, 0.25) is 0 Å². The summed E-state index contributed by atoms with van der Waals surface area (Å²) in [5.41, 5.74) is -2.52. The highest BCUT2D eigenvalue weighted by atomic mass is 32.2. The number of nitrogens with one attached hydrogen (secondary N) is 2. The highest BCUT2D eigenvalue weighted by Crippen LogP contribution is 2.32. The van der Waals surface area contributed by atoms with Gasteiger partial charge in [0.05, 0.1) is 16.0 Å². The normalized spacial score (nSPS) is 14.8. The fourth-order valence-electron chi connectivity index (χ4n) is 2.36. The van der Waals surface area contributed by atoms with Crippen LogP contribution in [0.1, 0.15) is 28.8 Å². The molecule has 0 radical (unpaired) electrons. The van der Waals surface area contributed by atoms with Crippen molar-refractivity contribution < 1.29 is 35.2 Å². The molecule has 5 nitrogen and oxygen atoms in total. The Morgan fingerprint density at radius 3 is 2.25 bits per heavy atom. The van der Waals surface area contributed by atoms with E-state index in [1.165, 1.54) is 0 Å². The Labute approximate surface area is 156 Å². The SMILES string of the molecule is O=C(Nc1ccc(C(F)(F)F)c(F)c1)c1cc(S(=O)(=O)NC2CC2)ccc1F. The minimum atomic E-state index is -4.91. The molecule has 0 spiro atoms. The van der Waals surface area contributed by atoms with Gasteiger partial charge in [-0.15, -0.1) is 0 Å². The third kappa shape index (κ3) is 4.47. The van der Waals surface area contributed by atoms with Gasteiger partial charge in [-0.05, 0) is 49.2 Å². The van der Waals surface area contributed by atoms with E-state index in [0.29, 0.717) is 25.0 Å². The monoisotopic (exact) mass is 420 g/mol. The Hall–Kier alpha value is -2.53. The van der Waals surface area contributed by atoms with Gasteiger partial charge in [0, 0.05) is 11.7 Å². The lowest BCUT2D eigenvalue weighted by Gasteiger charge is -2.11. The molecule has 11 heteroatoms. The average Bonchev–Trinajstić information content (AvgIpc) is 3.37. The second kappa shape index (κ2) is 7.13. The third-order valence-corrected chi connectivity index (χ3v) is 5.44. The Morgan fingerprint density at radius 2 is 1.68 bits per heavy atom. The summed E-state index contributed by atoms with van der Waals surface area (Å²) in [5, 5.41) is 2.05. The van der Waals surface area contributed by atoms with Crippen molar-refractivity contribution in [1.29, 1.82) is 0 Å². The van der Waals surface area contributed by atoms with Gasteiger partial charge in [-0.1, -0.05) is 0 Å². The summed E-state index contributed by atoms with van der Waals surface area (Å²) in [5.74, 6) is -3.80. The zero-order valence-electron chi connectivity index (χ0n) is 14.0. The maximum atomic E-state index is 14.0. The number of sulfonamides is 1. The van der Waals surface area contributed by atoms with E-state index in [1.807, 2.05) is 5.32 Å². The molecule has 2 aromatic carbocycles. The van der Waals surface area contributed by atoms with Crippen molar-refractivity contribution in [1.82, 2.24) is 4.72 Å². The minimum absolute atomic E-state index is 0.206. The van der Waals surface area contributed by atoms with E-state index in [4.69, 9.17) is 0 Å². The zero-order chi connectivity index (χ0) is 20.7. The molecule has 0 unspecified atom stereocenters. The fraction of sp³-hybridized carbons (Fsp3) is 0.235. The Kier molecular flexibility index (Phi) is 5.15. The summed E-state index contributed by atoms with van der Waals surface area (Å²) in [6.45, 7) is 0. The van der Waals surface area contributed by atoms with Gasteiger partial charge in [0.15, 0.2) is 0 Å². The van der Waals surface area contributed by atoms with Crippen molar-refractivity contribution >= 4 is 21.6 Å². The molecule has 0 heterocycles. The lowest BCUT2D eigenvalue weighted by Crippen LogP contribution is -2.26. The lowest BCUT2D eigenvalue weighted by molar-refractivity contribution is -0.139. The predicted octanol–water partition coefficient (Wildman–Crippen LogP) is 3.68. The number of rotatable bonds is 5. The van der Waals surface area contributed by atoms with E-state index in [2.05, 4.69) is 4.72 Å². The fourth-order valence-corrected chi connectivity index (χ4v) is 3.69. The van der Waals surface area contributed by atoms with Gasteiger partial charge in [-0.25, -0.2) is 21.9 Å². The first-order valence-corrected chi connectivity index (χ1v) is 9.46. The van der Waals surface area contributed by atoms with Crippen LogP contribution < -0.4 is 10.0 Å². The van der Waals surface area contributed by atoms with Gasteiger partial charge >= 0.3 is 6.18 Å². The molecule has 0 saturated heterocycles. The van der Waals surface area contributed by atoms with Gasteiger partial charge in [0.2, 0.25) is 10.0 Å². The van der Waals surface area contributed by atoms with E-state index >= 15 is 0 Å². The first-order chi connectivity index (χ1) is 13.0. The number of carbonyl (C=O) groups is 1. The van der Waals surface area contributed by atoms with Crippen molar-refractivity contribution in [3.8, 4) is 0 Å². The van der Waals surface area contributed by atoms with Gasteiger partial charge in [0.1, 0.15) is 11.6 Å². The summed E-state index contributed by atoms with van der Waals surface area (Å²) in [6, 6.07) is 4.03. The number of halogens is 5. The number of hydrogen-bond donors (Lipinski definition) is 2. The van der Waals surface area contributed by atoms with Gasteiger partial charge in [-0.2, -0.15) is 13.2 Å². The van der Waals surface area contributed by atoms with E-state index in [0.717, 1.165) is 24.3 Å². The molecule has 2 N–H and O–H groups in total. The van der Waals surface area contributed by atoms with Crippen LogP contribution >= 0.6 is 0 Å². The maximum absolute atomic E-state index is 14.0. The second-order valence-corrected chi connectivity index (χ2v) is 7.90.